The molecule has 14 heavy (non-hydrogen) atoms. The van der Waals surface area contributed by atoms with Gasteiger partial charge in [-0.15, -0.1) is 0 Å². The predicted octanol–water partition coefficient (Wildman–Crippen LogP) is 1.88. The monoisotopic (exact) mass is 199 g/mol. The van der Waals surface area contributed by atoms with Crippen molar-refractivity contribution in [3.05, 3.63) is 0 Å². The number of nitrogens with one attached hydrogen (secondary N) is 1. The van der Waals surface area contributed by atoms with Gasteiger partial charge in [0, 0.05) is 6.04 Å². The Balaban J connectivity index is 2.27. The van der Waals surface area contributed by atoms with Gasteiger partial charge in [0.15, 0.2) is 0 Å². The maximum absolute atomic E-state index is 10.6. The highest BCUT2D eigenvalue weighted by molar-refractivity contribution is 5.67. The Morgan fingerprint density at radius 3 is 2.57 bits per heavy atom. The highest BCUT2D eigenvalue weighted by atomic mass is 16.4. The fourth-order valence-electron chi connectivity index (χ4n) is 2.16. The second-order valence-corrected chi connectivity index (χ2v) is 4.49. The van der Waals surface area contributed by atoms with Crippen LogP contribution in [0.5, 0.6) is 0 Å². The average molecular weight is 199 g/mol. The normalized spacial score (nSPS) is 21.3. The summed E-state index contributed by atoms with van der Waals surface area (Å²) >= 11 is 0. The van der Waals surface area contributed by atoms with E-state index < -0.39 is 5.97 Å². The summed E-state index contributed by atoms with van der Waals surface area (Å²) in [6, 6.07) is 0.142. The molecular formula is C11H21NO2. The number of rotatable bonds is 6. The molecule has 3 heteroatoms. The van der Waals surface area contributed by atoms with Gasteiger partial charge < -0.3 is 10.4 Å². The first-order chi connectivity index (χ1) is 6.63. The molecule has 0 aromatic carbocycles. The van der Waals surface area contributed by atoms with Gasteiger partial charge in [0.05, 0.1) is 6.42 Å². The lowest BCUT2D eigenvalue weighted by Crippen LogP contribution is -2.33. The molecule has 2 unspecified atom stereocenters. The molecule has 0 saturated heterocycles. The second-order valence-electron chi connectivity index (χ2n) is 4.49. The van der Waals surface area contributed by atoms with Crippen LogP contribution in [0.4, 0.5) is 0 Å². The van der Waals surface area contributed by atoms with Gasteiger partial charge in [0.1, 0.15) is 0 Å². The molecule has 2 N–H and O–H groups in total. The van der Waals surface area contributed by atoms with E-state index in [4.69, 9.17) is 5.11 Å². The quantitative estimate of drug-likeness (QED) is 0.686. The van der Waals surface area contributed by atoms with Crippen molar-refractivity contribution in [1.29, 1.82) is 0 Å². The highest BCUT2D eigenvalue weighted by Gasteiger charge is 2.26. The number of hydrogen-bond acceptors (Lipinski definition) is 2. The van der Waals surface area contributed by atoms with E-state index in [1.54, 1.807) is 0 Å². The lowest BCUT2D eigenvalue weighted by Gasteiger charge is -2.33. The molecule has 1 aliphatic rings. The Labute approximate surface area is 85.9 Å². The van der Waals surface area contributed by atoms with E-state index in [0.29, 0.717) is 5.92 Å². The van der Waals surface area contributed by atoms with Gasteiger partial charge in [-0.2, -0.15) is 0 Å². The minimum Gasteiger partial charge on any atom is -0.481 e. The molecule has 0 aromatic heterocycles. The second kappa shape index (κ2) is 5.35. The van der Waals surface area contributed by atoms with E-state index in [2.05, 4.69) is 12.2 Å². The summed E-state index contributed by atoms with van der Waals surface area (Å²) in [5, 5.41) is 11.8. The van der Waals surface area contributed by atoms with E-state index in [-0.39, 0.29) is 12.5 Å². The molecule has 82 valence electrons. The molecule has 2 atom stereocenters. The standard InChI is InChI=1S/C11H21NO2/c1-8(9-4-3-5-9)6-10(12-2)7-11(13)14/h8-10,12H,3-7H2,1-2H3,(H,13,14). The molecule has 0 amide bonds. The van der Waals surface area contributed by atoms with Crippen molar-refractivity contribution in [1.82, 2.24) is 5.32 Å². The van der Waals surface area contributed by atoms with Crippen LogP contribution in [0, 0.1) is 11.8 Å². The number of carbonyl (C=O) groups is 1. The highest BCUT2D eigenvalue weighted by Crippen LogP contribution is 2.35. The first-order valence-corrected chi connectivity index (χ1v) is 5.52. The lowest BCUT2D eigenvalue weighted by molar-refractivity contribution is -0.137. The van der Waals surface area contributed by atoms with Crippen LogP contribution in [0.1, 0.15) is 39.0 Å². The van der Waals surface area contributed by atoms with Gasteiger partial charge in [-0.3, -0.25) is 4.79 Å². The zero-order valence-electron chi connectivity index (χ0n) is 9.12. The summed E-state index contributed by atoms with van der Waals surface area (Å²) < 4.78 is 0. The summed E-state index contributed by atoms with van der Waals surface area (Å²) in [5.74, 6) is 0.811. The average Bonchev–Trinajstić information content (AvgIpc) is 1.98. The maximum Gasteiger partial charge on any atom is 0.304 e. The van der Waals surface area contributed by atoms with Crippen LogP contribution in [-0.2, 0) is 4.79 Å². The summed E-state index contributed by atoms with van der Waals surface area (Å²) in [6.07, 6.45) is 5.27. The van der Waals surface area contributed by atoms with Crippen LogP contribution < -0.4 is 5.32 Å². The molecule has 0 spiro atoms. The fraction of sp³-hybridized carbons (Fsp3) is 0.909. The fourth-order valence-corrected chi connectivity index (χ4v) is 2.16. The van der Waals surface area contributed by atoms with Crippen molar-refractivity contribution in [3.63, 3.8) is 0 Å². The number of aliphatic carboxylic acids is 1. The zero-order valence-corrected chi connectivity index (χ0v) is 9.12. The van der Waals surface area contributed by atoms with Crippen molar-refractivity contribution >= 4 is 5.97 Å². The molecule has 0 bridgehead atoms. The van der Waals surface area contributed by atoms with Crippen molar-refractivity contribution in [3.8, 4) is 0 Å². The van der Waals surface area contributed by atoms with Crippen LogP contribution in [0.25, 0.3) is 0 Å². The van der Waals surface area contributed by atoms with Crippen molar-refractivity contribution < 1.29 is 9.90 Å². The van der Waals surface area contributed by atoms with Crippen molar-refractivity contribution in [2.45, 2.75) is 45.1 Å². The Hall–Kier alpha value is -0.570. The van der Waals surface area contributed by atoms with Gasteiger partial charge in [-0.05, 0) is 25.3 Å². The molecule has 1 fully saturated rings. The Bertz CT molecular complexity index is 190. The Kier molecular flexibility index (Phi) is 4.39. The molecule has 3 nitrogen and oxygen atoms in total. The third kappa shape index (κ3) is 3.29. The minimum absolute atomic E-state index is 0.142. The third-order valence-electron chi connectivity index (χ3n) is 3.44. The van der Waals surface area contributed by atoms with Crippen LogP contribution in [-0.4, -0.2) is 24.2 Å². The van der Waals surface area contributed by atoms with Gasteiger partial charge in [0.25, 0.3) is 0 Å². The third-order valence-corrected chi connectivity index (χ3v) is 3.44. The number of hydrogen-bond donors (Lipinski definition) is 2. The molecule has 1 aliphatic carbocycles. The van der Waals surface area contributed by atoms with Crippen LogP contribution in [0.15, 0.2) is 0 Å². The van der Waals surface area contributed by atoms with Gasteiger partial charge >= 0.3 is 5.97 Å². The molecule has 0 aliphatic heterocycles. The van der Waals surface area contributed by atoms with Crippen molar-refractivity contribution in [2.24, 2.45) is 11.8 Å². The van der Waals surface area contributed by atoms with E-state index >= 15 is 0 Å². The van der Waals surface area contributed by atoms with Gasteiger partial charge in [0.2, 0.25) is 0 Å². The summed E-state index contributed by atoms with van der Waals surface area (Å²) in [5.41, 5.74) is 0. The number of carboxylic acids is 1. The van der Waals surface area contributed by atoms with E-state index in [1.165, 1.54) is 19.3 Å². The first kappa shape index (κ1) is 11.5. The summed E-state index contributed by atoms with van der Waals surface area (Å²) in [7, 11) is 1.85. The first-order valence-electron chi connectivity index (χ1n) is 5.52. The van der Waals surface area contributed by atoms with Crippen LogP contribution in [0.2, 0.25) is 0 Å². The molecule has 1 saturated carbocycles. The van der Waals surface area contributed by atoms with Gasteiger partial charge in [-0.25, -0.2) is 0 Å². The molecular weight excluding hydrogens is 178 g/mol. The SMILES string of the molecule is CNC(CC(=O)O)CC(C)C1CCC1. The van der Waals surface area contributed by atoms with Crippen LogP contribution in [0.3, 0.4) is 0 Å². The number of carboxylic acid groups (broad SMARTS) is 1. The Morgan fingerprint density at radius 2 is 2.21 bits per heavy atom. The van der Waals surface area contributed by atoms with Crippen LogP contribution >= 0.6 is 0 Å². The maximum atomic E-state index is 10.6. The summed E-state index contributed by atoms with van der Waals surface area (Å²) in [6.45, 7) is 2.25. The smallest absolute Gasteiger partial charge is 0.304 e. The Morgan fingerprint density at radius 1 is 1.57 bits per heavy atom. The zero-order chi connectivity index (χ0) is 10.6. The van der Waals surface area contributed by atoms with E-state index in [0.717, 1.165) is 12.3 Å². The van der Waals surface area contributed by atoms with E-state index in [1.807, 2.05) is 7.05 Å². The lowest BCUT2D eigenvalue weighted by atomic mass is 9.74. The molecule has 1 rings (SSSR count). The topological polar surface area (TPSA) is 49.3 Å². The molecule has 0 heterocycles. The van der Waals surface area contributed by atoms with E-state index in [9.17, 15) is 4.79 Å². The van der Waals surface area contributed by atoms with Gasteiger partial charge in [-0.1, -0.05) is 26.2 Å². The largest absolute Gasteiger partial charge is 0.481 e. The minimum atomic E-state index is -0.704. The van der Waals surface area contributed by atoms with Crippen molar-refractivity contribution in [2.75, 3.05) is 7.05 Å². The molecule has 0 aromatic rings. The summed E-state index contributed by atoms with van der Waals surface area (Å²) in [4.78, 5) is 10.6. The molecule has 0 radical (unpaired) electrons. The predicted molar refractivity (Wildman–Crippen MR) is 56.2 cm³/mol.